The minimum atomic E-state index is -4.58. The van der Waals surface area contributed by atoms with Gasteiger partial charge in [-0.2, -0.15) is 13.2 Å². The van der Waals surface area contributed by atoms with E-state index in [4.69, 9.17) is 9.47 Å². The van der Waals surface area contributed by atoms with Crippen molar-refractivity contribution in [1.29, 1.82) is 0 Å². The smallest absolute Gasteiger partial charge is 0.422 e. The summed E-state index contributed by atoms with van der Waals surface area (Å²) in [5.41, 5.74) is -0.362. The summed E-state index contributed by atoms with van der Waals surface area (Å²) >= 11 is 0. The largest absolute Gasteiger partial charge is 0.748 e. The fourth-order valence-electron chi connectivity index (χ4n) is 10.2. The molecule has 0 spiro atoms. The van der Waals surface area contributed by atoms with Crippen molar-refractivity contribution in [3.05, 3.63) is 90.5 Å². The Hall–Kier alpha value is -4.41. The molecule has 8 rings (SSSR count). The fourth-order valence-corrected chi connectivity index (χ4v) is 12.5. The molecule has 0 atom stereocenters. The van der Waals surface area contributed by atoms with E-state index in [1.807, 2.05) is 13.8 Å². The van der Waals surface area contributed by atoms with E-state index in [9.17, 15) is 45.3 Å². The highest BCUT2D eigenvalue weighted by atomic mass is 32.2. The minimum Gasteiger partial charge on any atom is -0.748 e. The number of hydrogen-bond donors (Lipinski definition) is 0. The van der Waals surface area contributed by atoms with Gasteiger partial charge in [0.05, 0.1) is 43.0 Å². The molecule has 412 valence electrons. The Kier molecular flexibility index (Phi) is 23.6. The highest BCUT2D eigenvalue weighted by Gasteiger charge is 2.55. The van der Waals surface area contributed by atoms with Gasteiger partial charge < -0.3 is 23.5 Å². The summed E-state index contributed by atoms with van der Waals surface area (Å²) in [4.78, 5) is 50.8. The highest BCUT2D eigenvalue weighted by molar-refractivity contribution is 7.97. The monoisotopic (exact) mass is 1070 g/mol. The molecule has 4 bridgehead atoms. The van der Waals surface area contributed by atoms with E-state index in [0.717, 1.165) is 44.9 Å². The zero-order chi connectivity index (χ0) is 54.8. The van der Waals surface area contributed by atoms with Crippen LogP contribution in [-0.4, -0.2) is 74.2 Å². The van der Waals surface area contributed by atoms with Crippen molar-refractivity contribution in [2.75, 3.05) is 25.6 Å². The Labute approximate surface area is 441 Å². The Bertz CT molecular complexity index is 2250. The zero-order valence-electron chi connectivity index (χ0n) is 44.9. The van der Waals surface area contributed by atoms with Crippen LogP contribution in [0.3, 0.4) is 0 Å². The molecule has 5 aliphatic carbocycles. The second-order valence-electron chi connectivity index (χ2n) is 21.9. The molecule has 11 nitrogen and oxygen atoms in total. The number of benzene rings is 3. The first-order valence-electron chi connectivity index (χ1n) is 26.4. The van der Waals surface area contributed by atoms with Crippen LogP contribution in [0.1, 0.15) is 157 Å². The molecule has 0 amide bonds. The van der Waals surface area contributed by atoms with Gasteiger partial charge in [-0.1, -0.05) is 94.1 Å². The van der Waals surface area contributed by atoms with Crippen LogP contribution in [0.5, 0.6) is 0 Å². The maximum Gasteiger partial charge on any atom is 0.422 e. The first-order valence-corrected chi connectivity index (χ1v) is 29.2. The molecule has 0 radical (unpaired) electrons. The third kappa shape index (κ3) is 19.9. The van der Waals surface area contributed by atoms with Crippen LogP contribution >= 0.6 is 0 Å². The Morgan fingerprint density at radius 3 is 1.53 bits per heavy atom. The van der Waals surface area contributed by atoms with Gasteiger partial charge in [-0.3, -0.25) is 14.4 Å². The van der Waals surface area contributed by atoms with Gasteiger partial charge in [-0.15, -0.1) is 0 Å². The lowest BCUT2D eigenvalue weighted by Gasteiger charge is -2.55. The van der Waals surface area contributed by atoms with Gasteiger partial charge in [-0.05, 0) is 172 Å². The van der Waals surface area contributed by atoms with Crippen LogP contribution < -0.4 is 0 Å². The molecule has 16 heteroatoms. The number of ether oxygens (including phenoxy) is 4. The van der Waals surface area contributed by atoms with Crippen LogP contribution in [-0.2, 0) is 59.1 Å². The van der Waals surface area contributed by atoms with E-state index in [2.05, 4.69) is 115 Å². The van der Waals surface area contributed by atoms with Crippen molar-refractivity contribution in [2.45, 2.75) is 185 Å². The van der Waals surface area contributed by atoms with Gasteiger partial charge >= 0.3 is 30.1 Å². The van der Waals surface area contributed by atoms with Crippen LogP contribution in [0.15, 0.2) is 99.6 Å². The lowest BCUT2D eigenvalue weighted by molar-refractivity contribution is -0.190. The fraction of sp³-hybridized carbons (Fsp3) is 0.621. The quantitative estimate of drug-likeness (QED) is 0.0581. The molecule has 3 aromatic rings. The topological polar surface area (TPSA) is 162 Å². The third-order valence-electron chi connectivity index (χ3n) is 15.1. The predicted octanol–water partition coefficient (Wildman–Crippen LogP) is 13.3. The predicted molar refractivity (Wildman–Crippen MR) is 280 cm³/mol. The molecule has 5 fully saturated rings. The summed E-state index contributed by atoms with van der Waals surface area (Å²) in [6.07, 6.45) is 12.5. The Morgan fingerprint density at radius 1 is 0.649 bits per heavy atom. The van der Waals surface area contributed by atoms with Gasteiger partial charge in [0, 0.05) is 0 Å². The lowest BCUT2D eigenvalue weighted by Crippen LogP contribution is -2.50. The standard InChI is InChI=1S/C19H17S.C16H30O2.C13H20O5S.C10H15F3O4/c1-16-12-14-19(15-13-16)20(17-8-4-2-5-9-17)18-10-6-3-7-11-18;1-5-15(3,4)14(17)18-16(6-2)12-10-8-7-9-11-13-16;14-12(18-1-2-19(15,16)17)13-6-9-3-10(7-13)5-11(4-9)8-13;1-4-9(2,3)8(15)16-5-7(14)17-6-10(11,12)13/h2-15H,1H3;5-13H2,1-4H3;9-11H,1-8H2,(H,15,16,17);4-6H2,1-3H3/q+1;;;/p-1. The minimum absolute atomic E-state index is 0.00702. The number of rotatable bonds is 16. The molecular formula is C58H81F3O11S2. The van der Waals surface area contributed by atoms with Crippen molar-refractivity contribution in [3.63, 3.8) is 0 Å². The van der Waals surface area contributed by atoms with E-state index in [-0.39, 0.29) is 45.9 Å². The summed E-state index contributed by atoms with van der Waals surface area (Å²) in [5, 5.41) is 0. The molecule has 0 aromatic heterocycles. The number of hydrogen-bond acceptors (Lipinski definition) is 11. The summed E-state index contributed by atoms with van der Waals surface area (Å²) in [6.45, 7) is 12.5. The normalized spacial score (nSPS) is 21.1. The van der Waals surface area contributed by atoms with Gasteiger partial charge in [0.2, 0.25) is 0 Å². The Balaban J connectivity index is 0.000000214. The van der Waals surface area contributed by atoms with Crippen LogP contribution in [0.4, 0.5) is 13.2 Å². The van der Waals surface area contributed by atoms with Crippen LogP contribution in [0.25, 0.3) is 0 Å². The van der Waals surface area contributed by atoms with Crippen molar-refractivity contribution in [3.8, 4) is 0 Å². The molecule has 0 heterocycles. The molecule has 0 N–H and O–H groups in total. The summed E-state index contributed by atoms with van der Waals surface area (Å²) in [7, 11) is -4.33. The van der Waals surface area contributed by atoms with E-state index in [0.29, 0.717) is 24.2 Å². The van der Waals surface area contributed by atoms with E-state index in [1.165, 1.54) is 71.6 Å². The zero-order valence-corrected chi connectivity index (χ0v) is 46.5. The first-order chi connectivity index (χ1) is 34.7. The second kappa shape index (κ2) is 28.1. The van der Waals surface area contributed by atoms with E-state index >= 15 is 0 Å². The lowest BCUT2D eigenvalue weighted by atomic mass is 9.49. The Morgan fingerprint density at radius 2 is 1.09 bits per heavy atom. The molecular weight excluding hydrogens is 994 g/mol. The summed E-state index contributed by atoms with van der Waals surface area (Å²) in [6, 6.07) is 30.4. The maximum atomic E-state index is 12.3. The summed E-state index contributed by atoms with van der Waals surface area (Å²) < 4.78 is 86.0. The molecule has 3 aromatic carbocycles. The molecule has 0 unspecified atom stereocenters. The van der Waals surface area contributed by atoms with Gasteiger partial charge in [0.1, 0.15) is 12.2 Å². The highest BCUT2D eigenvalue weighted by Crippen LogP contribution is 2.60. The number of halogens is 3. The number of esters is 4. The average Bonchev–Trinajstić information content (AvgIpc) is 3.34. The number of alkyl halides is 3. The van der Waals surface area contributed by atoms with Crippen LogP contribution in [0, 0.1) is 40.9 Å². The second-order valence-corrected chi connectivity index (χ2v) is 25.4. The van der Waals surface area contributed by atoms with Gasteiger partial charge in [0.25, 0.3) is 0 Å². The van der Waals surface area contributed by atoms with Gasteiger partial charge in [-0.25, -0.2) is 13.2 Å². The molecule has 0 saturated heterocycles. The average molecular weight is 1080 g/mol. The maximum absolute atomic E-state index is 12.3. The van der Waals surface area contributed by atoms with Crippen molar-refractivity contribution < 1.29 is 64.3 Å². The van der Waals surface area contributed by atoms with Crippen molar-refractivity contribution in [2.24, 2.45) is 34.0 Å². The molecule has 74 heavy (non-hydrogen) atoms. The van der Waals surface area contributed by atoms with Gasteiger partial charge in [0.15, 0.2) is 27.9 Å². The van der Waals surface area contributed by atoms with Crippen LogP contribution in [0.2, 0.25) is 0 Å². The number of carbonyl (C=O) groups is 4. The molecule has 5 saturated carbocycles. The van der Waals surface area contributed by atoms with Crippen molar-refractivity contribution in [1.82, 2.24) is 0 Å². The van der Waals surface area contributed by atoms with Crippen molar-refractivity contribution >= 4 is 44.9 Å². The van der Waals surface area contributed by atoms with E-state index < -0.39 is 52.6 Å². The first kappa shape index (κ1) is 62.1. The number of carbonyl (C=O) groups excluding carboxylic acids is 4. The van der Waals surface area contributed by atoms with E-state index in [1.54, 1.807) is 20.8 Å². The third-order valence-corrected chi connectivity index (χ3v) is 18.0. The molecule has 0 aliphatic heterocycles. The number of aryl methyl sites for hydroxylation is 1. The summed E-state index contributed by atoms with van der Waals surface area (Å²) in [5.74, 6) is -0.842. The molecule has 5 aliphatic rings. The SMILES string of the molecule is CCC(C)(C)C(=O)OCC(=O)OCC(F)(F)F.CCC1(OC(=O)C(C)(C)CC)CCCCCCC1.Cc1ccc([S+](c2ccccc2)c2ccccc2)cc1.O=C(OCCS(=O)(=O)[O-])C12CC3CC(CC(C3)C1)C2.